The van der Waals surface area contributed by atoms with Gasteiger partial charge in [-0.1, -0.05) is 6.07 Å². The molecule has 2 heterocycles. The van der Waals surface area contributed by atoms with Crippen LogP contribution in [0.25, 0.3) is 11.0 Å². The van der Waals surface area contributed by atoms with Gasteiger partial charge in [0.1, 0.15) is 5.01 Å². The Bertz CT molecular complexity index is 707. The predicted octanol–water partition coefficient (Wildman–Crippen LogP) is 3.51. The van der Waals surface area contributed by atoms with Gasteiger partial charge < -0.3 is 9.55 Å². The Morgan fingerprint density at radius 2 is 2.35 bits per heavy atom. The molecule has 86 valence electrons. The van der Waals surface area contributed by atoms with Gasteiger partial charge in [0, 0.05) is 11.6 Å². The molecular formula is C12H11N3S2. The second kappa shape index (κ2) is 4.09. The molecular weight excluding hydrogens is 250 g/mol. The van der Waals surface area contributed by atoms with Gasteiger partial charge in [0.25, 0.3) is 0 Å². The normalized spacial score (nSPS) is 11.1. The molecule has 1 N–H and O–H groups in total. The summed E-state index contributed by atoms with van der Waals surface area (Å²) in [6.07, 6.45) is 1.82. The van der Waals surface area contributed by atoms with E-state index >= 15 is 0 Å². The minimum absolute atomic E-state index is 0.736. The minimum Gasteiger partial charge on any atom is -0.331 e. The number of nitrogens with zero attached hydrogens (tertiary/aromatic N) is 2. The van der Waals surface area contributed by atoms with Gasteiger partial charge in [-0.3, -0.25) is 0 Å². The van der Waals surface area contributed by atoms with Crippen LogP contribution in [0.5, 0.6) is 0 Å². The lowest BCUT2D eigenvalue weighted by Crippen LogP contribution is -1.98. The average molecular weight is 261 g/mol. The van der Waals surface area contributed by atoms with E-state index in [4.69, 9.17) is 12.2 Å². The van der Waals surface area contributed by atoms with Gasteiger partial charge in [-0.05, 0) is 36.8 Å². The molecule has 0 amide bonds. The van der Waals surface area contributed by atoms with Crippen LogP contribution in [0.4, 0.5) is 0 Å². The molecule has 0 atom stereocenters. The van der Waals surface area contributed by atoms with E-state index in [1.54, 1.807) is 11.3 Å². The number of benzene rings is 1. The second-order valence-corrected chi connectivity index (χ2v) is 5.33. The molecule has 2 aromatic heterocycles. The number of H-pyrrole nitrogens is 1. The lowest BCUT2D eigenvalue weighted by Gasteiger charge is -2.02. The number of nitrogens with one attached hydrogen (secondary N) is 1. The highest BCUT2D eigenvalue weighted by Crippen LogP contribution is 2.18. The quantitative estimate of drug-likeness (QED) is 0.716. The Kier molecular flexibility index (Phi) is 2.57. The first-order chi connectivity index (χ1) is 8.24. The van der Waals surface area contributed by atoms with Crippen molar-refractivity contribution in [1.29, 1.82) is 0 Å². The summed E-state index contributed by atoms with van der Waals surface area (Å²) in [4.78, 5) is 7.52. The Morgan fingerprint density at radius 3 is 3.12 bits per heavy atom. The first kappa shape index (κ1) is 10.7. The molecule has 1 aromatic carbocycles. The van der Waals surface area contributed by atoms with Crippen molar-refractivity contribution in [3.63, 3.8) is 0 Å². The largest absolute Gasteiger partial charge is 0.331 e. The van der Waals surface area contributed by atoms with E-state index in [0.717, 1.165) is 27.4 Å². The number of aromatic nitrogens is 3. The standard InChI is InChI=1S/C12H11N3S2/c1-8-2-3-9-10(6-8)15(12(16)14-9)7-11-13-4-5-17-11/h2-6H,7H2,1H3,(H,14,16). The first-order valence-electron chi connectivity index (χ1n) is 5.31. The number of fused-ring (bicyclic) bond motifs is 1. The number of aromatic amines is 1. The van der Waals surface area contributed by atoms with Crippen LogP contribution in [-0.2, 0) is 6.54 Å². The molecule has 3 aromatic rings. The minimum atomic E-state index is 0.736. The number of hydrogen-bond donors (Lipinski definition) is 1. The summed E-state index contributed by atoms with van der Waals surface area (Å²) < 4.78 is 2.84. The zero-order valence-electron chi connectivity index (χ0n) is 9.30. The zero-order chi connectivity index (χ0) is 11.8. The number of aryl methyl sites for hydroxylation is 1. The van der Waals surface area contributed by atoms with Crippen molar-refractivity contribution in [1.82, 2.24) is 14.5 Å². The van der Waals surface area contributed by atoms with E-state index in [-0.39, 0.29) is 0 Å². The Balaban J connectivity index is 2.17. The van der Waals surface area contributed by atoms with Crippen LogP contribution in [0.3, 0.4) is 0 Å². The zero-order valence-corrected chi connectivity index (χ0v) is 10.9. The lowest BCUT2D eigenvalue weighted by molar-refractivity contribution is 0.803. The van der Waals surface area contributed by atoms with E-state index in [0.29, 0.717) is 0 Å². The second-order valence-electron chi connectivity index (χ2n) is 3.96. The SMILES string of the molecule is Cc1ccc2[nH]c(=S)n(Cc3nccs3)c2c1. The van der Waals surface area contributed by atoms with Crippen LogP contribution >= 0.6 is 23.6 Å². The van der Waals surface area contributed by atoms with Crippen molar-refractivity contribution in [2.75, 3.05) is 0 Å². The Labute approximate surface area is 108 Å². The average Bonchev–Trinajstić information content (AvgIpc) is 2.90. The van der Waals surface area contributed by atoms with Crippen LogP contribution in [0, 0.1) is 11.7 Å². The Morgan fingerprint density at radius 1 is 1.47 bits per heavy atom. The molecule has 0 spiro atoms. The third kappa shape index (κ3) is 1.92. The van der Waals surface area contributed by atoms with E-state index in [1.807, 2.05) is 11.6 Å². The van der Waals surface area contributed by atoms with E-state index in [2.05, 4.69) is 39.7 Å². The third-order valence-corrected chi connectivity index (χ3v) is 3.79. The summed E-state index contributed by atoms with van der Waals surface area (Å²) in [5.74, 6) is 0. The van der Waals surface area contributed by atoms with Crippen LogP contribution in [-0.4, -0.2) is 14.5 Å². The molecule has 0 bridgehead atoms. The maximum Gasteiger partial charge on any atom is 0.178 e. The van der Waals surface area contributed by atoms with Gasteiger partial charge in [-0.25, -0.2) is 4.98 Å². The molecule has 0 unspecified atom stereocenters. The number of rotatable bonds is 2. The molecule has 0 saturated carbocycles. The fraction of sp³-hybridized carbons (Fsp3) is 0.167. The molecule has 0 aliphatic rings. The van der Waals surface area contributed by atoms with Gasteiger partial charge in [-0.15, -0.1) is 11.3 Å². The summed E-state index contributed by atoms with van der Waals surface area (Å²) in [7, 11) is 0. The molecule has 17 heavy (non-hydrogen) atoms. The summed E-state index contributed by atoms with van der Waals surface area (Å²) in [5, 5.41) is 3.06. The maximum absolute atomic E-state index is 5.35. The Hall–Kier alpha value is -1.46. The van der Waals surface area contributed by atoms with Gasteiger partial charge >= 0.3 is 0 Å². The van der Waals surface area contributed by atoms with Crippen molar-refractivity contribution >= 4 is 34.6 Å². The molecule has 3 nitrogen and oxygen atoms in total. The first-order valence-corrected chi connectivity index (χ1v) is 6.60. The summed E-state index contributed by atoms with van der Waals surface area (Å²) in [6, 6.07) is 6.30. The van der Waals surface area contributed by atoms with Gasteiger partial charge in [-0.2, -0.15) is 0 Å². The van der Waals surface area contributed by atoms with Crippen molar-refractivity contribution in [2.24, 2.45) is 0 Å². The number of thiazole rings is 1. The van der Waals surface area contributed by atoms with E-state index in [9.17, 15) is 0 Å². The van der Waals surface area contributed by atoms with Crippen molar-refractivity contribution in [3.8, 4) is 0 Å². The fourth-order valence-corrected chi connectivity index (χ4v) is 2.76. The van der Waals surface area contributed by atoms with Crippen LogP contribution in [0.1, 0.15) is 10.6 Å². The van der Waals surface area contributed by atoms with Crippen LogP contribution < -0.4 is 0 Å². The number of imidazole rings is 1. The van der Waals surface area contributed by atoms with E-state index in [1.165, 1.54) is 5.56 Å². The summed E-state index contributed by atoms with van der Waals surface area (Å²) >= 11 is 7.00. The molecule has 5 heteroatoms. The highest BCUT2D eigenvalue weighted by molar-refractivity contribution is 7.71. The molecule has 0 aliphatic heterocycles. The van der Waals surface area contributed by atoms with Crippen molar-refractivity contribution in [3.05, 3.63) is 45.1 Å². The van der Waals surface area contributed by atoms with Crippen LogP contribution in [0.15, 0.2) is 29.8 Å². The molecule has 3 rings (SSSR count). The topological polar surface area (TPSA) is 33.6 Å². The molecule has 0 radical (unpaired) electrons. The molecule has 0 aliphatic carbocycles. The summed E-state index contributed by atoms with van der Waals surface area (Å²) in [6.45, 7) is 2.82. The third-order valence-electron chi connectivity index (χ3n) is 2.71. The smallest absolute Gasteiger partial charge is 0.178 e. The predicted molar refractivity (Wildman–Crippen MR) is 73.1 cm³/mol. The van der Waals surface area contributed by atoms with Gasteiger partial charge in [0.15, 0.2) is 4.77 Å². The number of hydrogen-bond acceptors (Lipinski definition) is 3. The monoisotopic (exact) mass is 261 g/mol. The van der Waals surface area contributed by atoms with Gasteiger partial charge in [0.05, 0.1) is 17.6 Å². The highest BCUT2D eigenvalue weighted by Gasteiger charge is 2.06. The highest BCUT2D eigenvalue weighted by atomic mass is 32.1. The molecule has 0 saturated heterocycles. The van der Waals surface area contributed by atoms with Crippen molar-refractivity contribution < 1.29 is 0 Å². The van der Waals surface area contributed by atoms with E-state index < -0.39 is 0 Å². The van der Waals surface area contributed by atoms with Crippen molar-refractivity contribution in [2.45, 2.75) is 13.5 Å². The van der Waals surface area contributed by atoms with Crippen LogP contribution in [0.2, 0.25) is 0 Å². The molecule has 0 fully saturated rings. The lowest BCUT2D eigenvalue weighted by atomic mass is 10.2. The summed E-state index contributed by atoms with van der Waals surface area (Å²) in [5.41, 5.74) is 3.46. The fourth-order valence-electron chi connectivity index (χ4n) is 1.89. The van der Waals surface area contributed by atoms with Gasteiger partial charge in [0.2, 0.25) is 0 Å². The maximum atomic E-state index is 5.35.